The first-order valence-corrected chi connectivity index (χ1v) is 2.41. The SMILES string of the molecule is CNC1([C]=O)CC1. The van der Waals surface area contributed by atoms with E-state index in [2.05, 4.69) is 5.32 Å². The first-order chi connectivity index (χ1) is 3.33. The summed E-state index contributed by atoms with van der Waals surface area (Å²) in [5.74, 6) is 0. The van der Waals surface area contributed by atoms with Gasteiger partial charge in [-0.25, -0.2) is 0 Å². The summed E-state index contributed by atoms with van der Waals surface area (Å²) in [7, 11) is 1.79. The minimum atomic E-state index is -0.222. The fraction of sp³-hybridized carbons (Fsp3) is 0.800. The van der Waals surface area contributed by atoms with E-state index in [-0.39, 0.29) is 5.54 Å². The average Bonchev–Trinajstić information content (AvgIpc) is 2.46. The molecule has 0 unspecified atom stereocenters. The van der Waals surface area contributed by atoms with Crippen LogP contribution in [-0.2, 0) is 4.79 Å². The van der Waals surface area contributed by atoms with Crippen LogP contribution >= 0.6 is 0 Å². The van der Waals surface area contributed by atoms with Crippen molar-refractivity contribution < 1.29 is 4.79 Å². The quantitative estimate of drug-likeness (QED) is 0.520. The number of rotatable bonds is 2. The maximum Gasteiger partial charge on any atom is 0.220 e. The second-order valence-electron chi connectivity index (χ2n) is 1.93. The van der Waals surface area contributed by atoms with Gasteiger partial charge in [0.2, 0.25) is 6.29 Å². The maximum absolute atomic E-state index is 9.93. The Morgan fingerprint density at radius 1 is 1.71 bits per heavy atom. The molecule has 1 aliphatic carbocycles. The van der Waals surface area contributed by atoms with Crippen molar-refractivity contribution in [1.29, 1.82) is 0 Å². The molecular weight excluding hydrogens is 90.1 g/mol. The molecule has 1 rings (SSSR count). The molecule has 2 nitrogen and oxygen atoms in total. The van der Waals surface area contributed by atoms with Crippen LogP contribution in [0.2, 0.25) is 0 Å². The van der Waals surface area contributed by atoms with Gasteiger partial charge in [-0.3, -0.25) is 4.79 Å². The van der Waals surface area contributed by atoms with Crippen LogP contribution < -0.4 is 5.32 Å². The molecule has 2 heteroatoms. The van der Waals surface area contributed by atoms with Crippen LogP contribution in [0.5, 0.6) is 0 Å². The summed E-state index contributed by atoms with van der Waals surface area (Å²) >= 11 is 0. The van der Waals surface area contributed by atoms with Crippen LogP contribution in [-0.4, -0.2) is 18.9 Å². The number of carbonyl (C=O) groups excluding carboxylic acids is 1. The molecule has 0 atom stereocenters. The normalized spacial score (nSPS) is 24.1. The van der Waals surface area contributed by atoms with Gasteiger partial charge in [-0.15, -0.1) is 0 Å². The minimum Gasteiger partial charge on any atom is -0.308 e. The topological polar surface area (TPSA) is 29.1 Å². The molecule has 0 bridgehead atoms. The molecule has 0 saturated heterocycles. The van der Waals surface area contributed by atoms with Crippen molar-refractivity contribution in [3.8, 4) is 0 Å². The third kappa shape index (κ3) is 0.657. The third-order valence-corrected chi connectivity index (χ3v) is 1.42. The van der Waals surface area contributed by atoms with E-state index >= 15 is 0 Å². The molecule has 0 aliphatic heterocycles. The fourth-order valence-corrected chi connectivity index (χ4v) is 0.528. The first-order valence-electron chi connectivity index (χ1n) is 2.41. The lowest BCUT2D eigenvalue weighted by atomic mass is 10.3. The standard InChI is InChI=1S/C5H8NO/c1-6-5(4-7)2-3-5/h6H,2-3H2,1H3. The summed E-state index contributed by atoms with van der Waals surface area (Å²) in [5.41, 5.74) is -0.222. The zero-order valence-electron chi connectivity index (χ0n) is 4.32. The van der Waals surface area contributed by atoms with Gasteiger partial charge in [0.15, 0.2) is 0 Å². The lowest BCUT2D eigenvalue weighted by Crippen LogP contribution is -2.28. The van der Waals surface area contributed by atoms with Gasteiger partial charge in [-0.2, -0.15) is 0 Å². The Morgan fingerprint density at radius 2 is 2.29 bits per heavy atom. The molecule has 0 spiro atoms. The number of hydrogen-bond acceptors (Lipinski definition) is 2. The number of hydrogen-bond donors (Lipinski definition) is 1. The zero-order chi connectivity index (χ0) is 5.33. The predicted molar refractivity (Wildman–Crippen MR) is 26.7 cm³/mol. The Hall–Kier alpha value is -0.370. The van der Waals surface area contributed by atoms with Crippen LogP contribution in [0.4, 0.5) is 0 Å². The molecule has 0 aromatic heterocycles. The van der Waals surface area contributed by atoms with Crippen molar-refractivity contribution in [2.24, 2.45) is 0 Å². The van der Waals surface area contributed by atoms with Gasteiger partial charge in [0.25, 0.3) is 0 Å². The van der Waals surface area contributed by atoms with Gasteiger partial charge in [-0.1, -0.05) is 0 Å². The highest BCUT2D eigenvalue weighted by atomic mass is 16.1. The summed E-state index contributed by atoms with van der Waals surface area (Å²) in [6.45, 7) is 0. The summed E-state index contributed by atoms with van der Waals surface area (Å²) in [6, 6.07) is 0. The van der Waals surface area contributed by atoms with Gasteiger partial charge in [-0.05, 0) is 19.9 Å². The van der Waals surface area contributed by atoms with Crippen LogP contribution in [0, 0.1) is 0 Å². The lowest BCUT2D eigenvalue weighted by molar-refractivity contribution is 0.523. The molecule has 0 aromatic carbocycles. The van der Waals surface area contributed by atoms with Crippen LogP contribution in [0.3, 0.4) is 0 Å². The first kappa shape index (κ1) is 4.78. The van der Waals surface area contributed by atoms with Crippen molar-refractivity contribution in [2.45, 2.75) is 18.4 Å². The summed E-state index contributed by atoms with van der Waals surface area (Å²) < 4.78 is 0. The Balaban J connectivity index is 2.42. The molecule has 39 valence electrons. The number of likely N-dealkylation sites (N-methyl/N-ethyl adjacent to an activating group) is 1. The third-order valence-electron chi connectivity index (χ3n) is 1.42. The molecule has 0 aromatic rings. The molecule has 0 amide bonds. The summed E-state index contributed by atoms with van der Waals surface area (Å²) in [4.78, 5) is 9.93. The molecule has 1 fully saturated rings. The average molecular weight is 98.1 g/mol. The van der Waals surface area contributed by atoms with E-state index in [1.165, 1.54) is 0 Å². The molecule has 1 saturated carbocycles. The monoisotopic (exact) mass is 98.1 g/mol. The van der Waals surface area contributed by atoms with Crippen LogP contribution in [0.1, 0.15) is 12.8 Å². The summed E-state index contributed by atoms with van der Waals surface area (Å²) in [5, 5.41) is 2.88. The van der Waals surface area contributed by atoms with Crippen molar-refractivity contribution >= 4 is 6.29 Å². The fourth-order valence-electron chi connectivity index (χ4n) is 0.528. The van der Waals surface area contributed by atoms with Crippen LogP contribution in [0.15, 0.2) is 0 Å². The largest absolute Gasteiger partial charge is 0.308 e. The van der Waals surface area contributed by atoms with Gasteiger partial charge >= 0.3 is 0 Å². The Morgan fingerprint density at radius 3 is 2.29 bits per heavy atom. The molecule has 7 heavy (non-hydrogen) atoms. The molecular formula is C5H8NO. The second kappa shape index (κ2) is 1.30. The zero-order valence-corrected chi connectivity index (χ0v) is 4.32. The molecule has 0 heterocycles. The van der Waals surface area contributed by atoms with Crippen molar-refractivity contribution in [1.82, 2.24) is 5.32 Å². The van der Waals surface area contributed by atoms with E-state index in [9.17, 15) is 4.79 Å². The molecule has 1 radical (unpaired) electrons. The molecule has 1 N–H and O–H groups in total. The van der Waals surface area contributed by atoms with E-state index < -0.39 is 0 Å². The minimum absolute atomic E-state index is 0.222. The van der Waals surface area contributed by atoms with E-state index in [1.807, 2.05) is 6.29 Å². The maximum atomic E-state index is 9.93. The summed E-state index contributed by atoms with van der Waals surface area (Å²) in [6.07, 6.45) is 3.87. The van der Waals surface area contributed by atoms with E-state index in [0.717, 1.165) is 12.8 Å². The Bertz CT molecular complexity index is 86.1. The molecule has 1 aliphatic rings. The highest BCUT2D eigenvalue weighted by Gasteiger charge is 2.41. The van der Waals surface area contributed by atoms with Crippen molar-refractivity contribution in [3.05, 3.63) is 0 Å². The van der Waals surface area contributed by atoms with Gasteiger partial charge in [0, 0.05) is 0 Å². The lowest BCUT2D eigenvalue weighted by Gasteiger charge is -1.98. The predicted octanol–water partition coefficient (Wildman–Crippen LogP) is -0.152. The van der Waals surface area contributed by atoms with Gasteiger partial charge in [0.1, 0.15) is 0 Å². The van der Waals surface area contributed by atoms with Crippen LogP contribution in [0.25, 0.3) is 0 Å². The highest BCUT2D eigenvalue weighted by molar-refractivity contribution is 5.69. The van der Waals surface area contributed by atoms with E-state index in [1.54, 1.807) is 7.05 Å². The second-order valence-corrected chi connectivity index (χ2v) is 1.93. The van der Waals surface area contributed by atoms with Crippen molar-refractivity contribution in [2.75, 3.05) is 7.05 Å². The van der Waals surface area contributed by atoms with E-state index in [0.29, 0.717) is 0 Å². The van der Waals surface area contributed by atoms with Gasteiger partial charge in [0.05, 0.1) is 5.54 Å². The van der Waals surface area contributed by atoms with Crippen molar-refractivity contribution in [3.63, 3.8) is 0 Å². The Kier molecular flexibility index (Phi) is 0.889. The number of nitrogens with one attached hydrogen (secondary N) is 1. The van der Waals surface area contributed by atoms with Gasteiger partial charge < -0.3 is 5.32 Å². The smallest absolute Gasteiger partial charge is 0.220 e. The Labute approximate surface area is 42.9 Å². The highest BCUT2D eigenvalue weighted by Crippen LogP contribution is 2.31. The van der Waals surface area contributed by atoms with E-state index in [4.69, 9.17) is 0 Å².